The number of halogens is 3. The summed E-state index contributed by atoms with van der Waals surface area (Å²) >= 11 is 0. The Morgan fingerprint density at radius 1 is 1.21 bits per heavy atom. The maximum atomic E-state index is 13.0. The second kappa shape index (κ2) is 11.9. The van der Waals surface area contributed by atoms with E-state index in [9.17, 15) is 18.0 Å². The zero-order valence-electron chi connectivity index (χ0n) is 19.6. The molecule has 1 aromatic carbocycles. The molecule has 9 heteroatoms. The lowest BCUT2D eigenvalue weighted by Crippen LogP contribution is -2.31. The second-order valence-electron chi connectivity index (χ2n) is 8.42. The van der Waals surface area contributed by atoms with E-state index in [-0.39, 0.29) is 12.5 Å². The van der Waals surface area contributed by atoms with Gasteiger partial charge in [0.2, 0.25) is 5.95 Å². The van der Waals surface area contributed by atoms with Gasteiger partial charge in [-0.2, -0.15) is 18.2 Å². The molecule has 2 aromatic rings. The Morgan fingerprint density at radius 3 is 2.53 bits per heavy atom. The van der Waals surface area contributed by atoms with Crippen LogP contribution in [0.2, 0.25) is 0 Å². The molecule has 2 heterocycles. The number of alkyl halides is 3. The second-order valence-corrected chi connectivity index (χ2v) is 8.42. The fourth-order valence-corrected chi connectivity index (χ4v) is 3.92. The van der Waals surface area contributed by atoms with Crippen molar-refractivity contribution in [1.29, 1.82) is 0 Å². The van der Waals surface area contributed by atoms with Crippen molar-refractivity contribution >= 4 is 17.7 Å². The number of amides is 1. The molecule has 34 heavy (non-hydrogen) atoms. The summed E-state index contributed by atoms with van der Waals surface area (Å²) in [4.78, 5) is 26.4. The van der Waals surface area contributed by atoms with E-state index >= 15 is 0 Å². The third-order valence-corrected chi connectivity index (χ3v) is 5.80. The summed E-state index contributed by atoms with van der Waals surface area (Å²) in [6.07, 6.45) is 4.27. The van der Waals surface area contributed by atoms with E-state index in [1.165, 1.54) is 12.1 Å². The van der Waals surface area contributed by atoms with E-state index in [1.807, 2.05) is 6.08 Å². The van der Waals surface area contributed by atoms with Crippen molar-refractivity contribution in [3.8, 4) is 0 Å². The Kier molecular flexibility index (Phi) is 8.90. The van der Waals surface area contributed by atoms with Gasteiger partial charge >= 0.3 is 6.18 Å². The predicted molar refractivity (Wildman–Crippen MR) is 128 cm³/mol. The number of unbranched alkanes of at least 4 members (excludes halogenated alkanes) is 2. The molecule has 1 aliphatic rings. The summed E-state index contributed by atoms with van der Waals surface area (Å²) in [7, 11) is 0. The van der Waals surface area contributed by atoms with Gasteiger partial charge in [-0.25, -0.2) is 4.98 Å². The summed E-state index contributed by atoms with van der Waals surface area (Å²) in [6.45, 7) is 9.14. The molecule has 1 fully saturated rings. The molecule has 0 spiro atoms. The lowest BCUT2D eigenvalue weighted by atomic mass is 10.1. The van der Waals surface area contributed by atoms with Gasteiger partial charge in [0.1, 0.15) is 11.4 Å². The van der Waals surface area contributed by atoms with Crippen molar-refractivity contribution < 1.29 is 18.0 Å². The van der Waals surface area contributed by atoms with E-state index in [0.29, 0.717) is 29.4 Å². The summed E-state index contributed by atoms with van der Waals surface area (Å²) in [6, 6.07) is 4.77. The van der Waals surface area contributed by atoms with Crippen LogP contribution in [0.3, 0.4) is 0 Å². The molecular formula is C25H32F3N5O. The highest BCUT2D eigenvalue weighted by atomic mass is 19.4. The maximum absolute atomic E-state index is 13.0. The Hall–Kier alpha value is -3.10. The largest absolute Gasteiger partial charge is 0.416 e. The highest BCUT2D eigenvalue weighted by Gasteiger charge is 2.30. The summed E-state index contributed by atoms with van der Waals surface area (Å²) in [5.74, 6) is 0.809. The van der Waals surface area contributed by atoms with E-state index in [0.717, 1.165) is 63.9 Å². The fraction of sp³-hybridized carbons (Fsp3) is 0.480. The van der Waals surface area contributed by atoms with Gasteiger partial charge in [0.25, 0.3) is 5.91 Å². The van der Waals surface area contributed by atoms with Crippen LogP contribution >= 0.6 is 0 Å². The van der Waals surface area contributed by atoms with Crippen molar-refractivity contribution in [2.45, 2.75) is 51.7 Å². The predicted octanol–water partition coefficient (Wildman–Crippen LogP) is 5.21. The highest BCUT2D eigenvalue weighted by Crippen LogP contribution is 2.29. The summed E-state index contributed by atoms with van der Waals surface area (Å²) in [5, 5.41) is 2.80. The van der Waals surface area contributed by atoms with Crippen molar-refractivity contribution in [2.75, 3.05) is 36.0 Å². The molecular weight excluding hydrogens is 443 g/mol. The topological polar surface area (TPSA) is 61.4 Å². The first-order valence-electron chi connectivity index (χ1n) is 11.8. The molecule has 0 bridgehead atoms. The van der Waals surface area contributed by atoms with Crippen LogP contribution in [0.25, 0.3) is 0 Å². The maximum Gasteiger partial charge on any atom is 0.416 e. The van der Waals surface area contributed by atoms with Crippen LogP contribution in [0.15, 0.2) is 43.1 Å². The molecule has 1 N–H and O–H groups in total. The fourth-order valence-electron chi connectivity index (χ4n) is 3.92. The van der Waals surface area contributed by atoms with Crippen LogP contribution in [0.4, 0.5) is 24.9 Å². The minimum atomic E-state index is -4.39. The van der Waals surface area contributed by atoms with E-state index in [2.05, 4.69) is 33.6 Å². The van der Waals surface area contributed by atoms with E-state index in [4.69, 9.17) is 4.98 Å². The number of rotatable bonds is 11. The molecule has 184 valence electrons. The molecule has 6 nitrogen and oxygen atoms in total. The summed E-state index contributed by atoms with van der Waals surface area (Å²) in [5.41, 5.74) is 0.227. The highest BCUT2D eigenvalue weighted by molar-refractivity contribution is 5.98. The molecule has 0 aliphatic carbocycles. The molecule has 1 aliphatic heterocycles. The quantitative estimate of drug-likeness (QED) is 0.357. The van der Waals surface area contributed by atoms with Gasteiger partial charge in [0.15, 0.2) is 0 Å². The first-order chi connectivity index (χ1) is 16.3. The average molecular weight is 476 g/mol. The van der Waals surface area contributed by atoms with Gasteiger partial charge in [-0.3, -0.25) is 4.79 Å². The van der Waals surface area contributed by atoms with Crippen LogP contribution in [0.5, 0.6) is 0 Å². The van der Waals surface area contributed by atoms with Gasteiger partial charge in [-0.05, 0) is 37.0 Å². The molecule has 1 amide bonds. The van der Waals surface area contributed by atoms with Crippen molar-refractivity contribution in [1.82, 2.24) is 15.3 Å². The number of carbonyl (C=O) groups excluding carboxylic acids is 1. The first kappa shape index (κ1) is 25.5. The molecule has 3 rings (SSSR count). The van der Waals surface area contributed by atoms with Crippen molar-refractivity contribution in [3.05, 3.63) is 59.8 Å². The number of nitrogens with zero attached hydrogens (tertiary/aromatic N) is 4. The van der Waals surface area contributed by atoms with Crippen LogP contribution in [0.1, 0.15) is 60.5 Å². The first-order valence-corrected chi connectivity index (χ1v) is 11.8. The van der Waals surface area contributed by atoms with Gasteiger partial charge in [-0.1, -0.05) is 38.0 Å². The Morgan fingerprint density at radius 2 is 1.91 bits per heavy atom. The van der Waals surface area contributed by atoms with Gasteiger partial charge in [0.05, 0.1) is 5.56 Å². The van der Waals surface area contributed by atoms with Crippen LogP contribution < -0.4 is 15.1 Å². The average Bonchev–Trinajstić information content (AvgIpc) is 3.36. The molecule has 0 saturated carbocycles. The summed E-state index contributed by atoms with van der Waals surface area (Å²) < 4.78 is 38.3. The Balaban J connectivity index is 1.77. The van der Waals surface area contributed by atoms with Crippen molar-refractivity contribution in [3.63, 3.8) is 0 Å². The Labute approximate surface area is 198 Å². The van der Waals surface area contributed by atoms with Crippen LogP contribution in [-0.4, -0.2) is 42.1 Å². The zero-order valence-corrected chi connectivity index (χ0v) is 19.6. The number of hydrogen-bond donors (Lipinski definition) is 1. The van der Waals surface area contributed by atoms with Gasteiger partial charge in [0, 0.05) is 38.9 Å². The number of aromatic nitrogens is 2. The lowest BCUT2D eigenvalue weighted by Gasteiger charge is -2.25. The standard InChI is InChI=1S/C25H32F3N5O/c1-3-5-6-16-33(13-4-2)24-30-18-21(22(31-24)32-14-7-8-15-32)23(34)29-17-19-9-11-20(12-10-19)25(26,27)28/h4,9-12,18H,2-3,5-8,13-17H2,1H3,(H,29,34). The number of benzene rings is 1. The Bertz CT molecular complexity index is 956. The van der Waals surface area contributed by atoms with Gasteiger partial charge < -0.3 is 15.1 Å². The normalized spacial score (nSPS) is 13.7. The smallest absolute Gasteiger partial charge is 0.356 e. The molecule has 1 saturated heterocycles. The van der Waals surface area contributed by atoms with Gasteiger partial charge in [-0.15, -0.1) is 6.58 Å². The number of hydrogen-bond acceptors (Lipinski definition) is 5. The van der Waals surface area contributed by atoms with Crippen LogP contribution in [0, 0.1) is 0 Å². The molecule has 0 atom stereocenters. The number of carbonyl (C=O) groups is 1. The number of nitrogens with one attached hydrogen (secondary N) is 1. The minimum absolute atomic E-state index is 0.109. The third-order valence-electron chi connectivity index (χ3n) is 5.80. The molecule has 0 radical (unpaired) electrons. The minimum Gasteiger partial charge on any atom is -0.356 e. The van der Waals surface area contributed by atoms with E-state index < -0.39 is 11.7 Å². The molecule has 1 aromatic heterocycles. The van der Waals surface area contributed by atoms with Crippen molar-refractivity contribution in [2.24, 2.45) is 0 Å². The zero-order chi connectivity index (χ0) is 24.6. The lowest BCUT2D eigenvalue weighted by molar-refractivity contribution is -0.137. The third kappa shape index (κ3) is 6.71. The SMILES string of the molecule is C=CCN(CCCCC)c1ncc(C(=O)NCc2ccc(C(F)(F)F)cc2)c(N2CCCC2)n1. The monoisotopic (exact) mass is 475 g/mol. The molecule has 0 unspecified atom stereocenters. The van der Waals surface area contributed by atoms with E-state index in [1.54, 1.807) is 6.20 Å². The number of anilines is 2. The van der Waals surface area contributed by atoms with Crippen LogP contribution in [-0.2, 0) is 12.7 Å².